The maximum atomic E-state index is 11.3. The fourth-order valence-electron chi connectivity index (χ4n) is 1.19. The minimum absolute atomic E-state index is 0.309. The number of nitrogens with zero attached hydrogens (tertiary/aromatic N) is 1. The maximum absolute atomic E-state index is 11.3. The molecule has 0 saturated carbocycles. The fraction of sp³-hybridized carbons (Fsp3) is 0.250. The summed E-state index contributed by atoms with van der Waals surface area (Å²) in [6.45, 7) is 1.88. The summed E-state index contributed by atoms with van der Waals surface area (Å²) in [5, 5.41) is 0.533. The molecule has 74 valence electrons. The highest BCUT2D eigenvalue weighted by molar-refractivity contribution is 7.30. The minimum atomic E-state index is -0.309. The average molecular weight is 228 g/mol. The van der Waals surface area contributed by atoms with Gasteiger partial charge in [0.1, 0.15) is 9.71 Å². The summed E-state index contributed by atoms with van der Waals surface area (Å²) >= 11 is 2.72. The van der Waals surface area contributed by atoms with E-state index in [0.717, 1.165) is 15.1 Å². The standard InChI is InChI=1S/C8H8N2O2S2/c1-3-4-6(10-8(9)14-4)13-5(3)7(11)12-2/h1-2H3,(H2,9,10). The predicted octanol–water partition coefficient (Wildman–Crippen LogP) is 2.04. The summed E-state index contributed by atoms with van der Waals surface area (Å²) in [7, 11) is 1.37. The van der Waals surface area contributed by atoms with Crippen LogP contribution in [0.2, 0.25) is 0 Å². The van der Waals surface area contributed by atoms with Crippen molar-refractivity contribution < 1.29 is 9.53 Å². The third kappa shape index (κ3) is 1.27. The molecular weight excluding hydrogens is 220 g/mol. The molecule has 0 aliphatic carbocycles. The van der Waals surface area contributed by atoms with Gasteiger partial charge >= 0.3 is 5.97 Å². The number of carbonyl (C=O) groups is 1. The number of nitrogen functional groups attached to an aromatic ring is 1. The zero-order valence-corrected chi connectivity index (χ0v) is 9.29. The highest BCUT2D eigenvalue weighted by atomic mass is 32.1. The van der Waals surface area contributed by atoms with Gasteiger partial charge in [-0.25, -0.2) is 9.78 Å². The number of thiophene rings is 1. The Balaban J connectivity index is 2.64. The van der Waals surface area contributed by atoms with Crippen LogP contribution >= 0.6 is 22.7 Å². The van der Waals surface area contributed by atoms with Crippen molar-refractivity contribution in [2.24, 2.45) is 0 Å². The largest absolute Gasteiger partial charge is 0.465 e. The van der Waals surface area contributed by atoms with Crippen molar-refractivity contribution in [1.29, 1.82) is 0 Å². The van der Waals surface area contributed by atoms with Crippen LogP contribution in [-0.4, -0.2) is 18.1 Å². The van der Waals surface area contributed by atoms with Crippen LogP contribution in [0.4, 0.5) is 5.13 Å². The molecule has 0 bridgehead atoms. The third-order valence-corrected chi connectivity index (χ3v) is 4.16. The van der Waals surface area contributed by atoms with E-state index in [2.05, 4.69) is 9.72 Å². The molecular formula is C8H8N2O2S2. The van der Waals surface area contributed by atoms with Gasteiger partial charge in [-0.2, -0.15) is 0 Å². The number of hydrogen-bond acceptors (Lipinski definition) is 6. The quantitative estimate of drug-likeness (QED) is 0.758. The SMILES string of the molecule is COC(=O)c1sc2nc(N)sc2c1C. The number of aryl methyl sites for hydroxylation is 1. The van der Waals surface area contributed by atoms with Crippen molar-refractivity contribution in [2.75, 3.05) is 12.8 Å². The number of anilines is 1. The summed E-state index contributed by atoms with van der Waals surface area (Å²) in [4.78, 5) is 16.9. The molecule has 6 heteroatoms. The van der Waals surface area contributed by atoms with Crippen molar-refractivity contribution in [1.82, 2.24) is 4.98 Å². The first-order chi connectivity index (χ1) is 6.63. The molecule has 0 aliphatic rings. The molecule has 0 saturated heterocycles. The molecule has 14 heavy (non-hydrogen) atoms. The molecule has 0 fully saturated rings. The van der Waals surface area contributed by atoms with Crippen LogP contribution in [0, 0.1) is 6.92 Å². The van der Waals surface area contributed by atoms with Gasteiger partial charge in [0.15, 0.2) is 5.13 Å². The molecule has 2 aromatic rings. The summed E-state index contributed by atoms with van der Waals surface area (Å²) in [6.07, 6.45) is 0. The van der Waals surface area contributed by atoms with E-state index in [0.29, 0.717) is 10.0 Å². The van der Waals surface area contributed by atoms with Crippen LogP contribution in [0.15, 0.2) is 0 Å². The molecule has 0 aromatic carbocycles. The molecule has 2 aromatic heterocycles. The Morgan fingerprint density at radius 2 is 2.21 bits per heavy atom. The van der Waals surface area contributed by atoms with Gasteiger partial charge in [0.05, 0.1) is 11.8 Å². The van der Waals surface area contributed by atoms with Gasteiger partial charge in [-0.1, -0.05) is 11.3 Å². The maximum Gasteiger partial charge on any atom is 0.348 e. The lowest BCUT2D eigenvalue weighted by Gasteiger charge is -1.95. The lowest BCUT2D eigenvalue weighted by atomic mass is 10.3. The third-order valence-electron chi connectivity index (χ3n) is 1.86. The number of nitrogens with two attached hydrogens (primary N) is 1. The van der Waals surface area contributed by atoms with Gasteiger partial charge in [-0.05, 0) is 12.5 Å². The van der Waals surface area contributed by atoms with Crippen LogP contribution in [-0.2, 0) is 4.74 Å². The van der Waals surface area contributed by atoms with Crippen LogP contribution in [0.5, 0.6) is 0 Å². The Morgan fingerprint density at radius 3 is 2.79 bits per heavy atom. The molecule has 2 rings (SSSR count). The highest BCUT2D eigenvalue weighted by Crippen LogP contribution is 2.35. The van der Waals surface area contributed by atoms with Gasteiger partial charge in [0, 0.05) is 0 Å². The van der Waals surface area contributed by atoms with Crippen LogP contribution in [0.1, 0.15) is 15.2 Å². The Morgan fingerprint density at radius 1 is 1.50 bits per heavy atom. The van der Waals surface area contributed by atoms with Gasteiger partial charge in [0.25, 0.3) is 0 Å². The smallest absolute Gasteiger partial charge is 0.348 e. The van der Waals surface area contributed by atoms with Crippen LogP contribution in [0.25, 0.3) is 9.53 Å². The summed E-state index contributed by atoms with van der Waals surface area (Å²) in [5.41, 5.74) is 6.47. The Bertz CT molecular complexity index is 501. The molecule has 0 radical (unpaired) electrons. The van der Waals surface area contributed by atoms with E-state index in [4.69, 9.17) is 5.73 Å². The van der Waals surface area contributed by atoms with Crippen molar-refractivity contribution in [2.45, 2.75) is 6.92 Å². The molecule has 4 nitrogen and oxygen atoms in total. The molecule has 0 atom stereocenters. The summed E-state index contributed by atoms with van der Waals surface area (Å²) in [6, 6.07) is 0. The number of thiazole rings is 1. The van der Waals surface area contributed by atoms with E-state index in [1.165, 1.54) is 29.8 Å². The summed E-state index contributed by atoms with van der Waals surface area (Å²) in [5.74, 6) is -0.309. The van der Waals surface area contributed by atoms with E-state index in [9.17, 15) is 4.79 Å². The first-order valence-corrected chi connectivity index (χ1v) is 5.50. The number of carbonyl (C=O) groups excluding carboxylic acids is 1. The molecule has 0 amide bonds. The van der Waals surface area contributed by atoms with Crippen molar-refractivity contribution in [3.63, 3.8) is 0 Å². The van der Waals surface area contributed by atoms with Gasteiger partial charge in [-0.3, -0.25) is 0 Å². The molecule has 2 heterocycles. The van der Waals surface area contributed by atoms with E-state index < -0.39 is 0 Å². The summed E-state index contributed by atoms with van der Waals surface area (Å²) < 4.78 is 5.64. The van der Waals surface area contributed by atoms with E-state index in [1.54, 1.807) is 0 Å². The van der Waals surface area contributed by atoms with Gasteiger partial charge in [0.2, 0.25) is 0 Å². The number of methoxy groups -OCH3 is 1. The lowest BCUT2D eigenvalue weighted by Crippen LogP contribution is -1.99. The predicted molar refractivity (Wildman–Crippen MR) is 58.0 cm³/mol. The normalized spacial score (nSPS) is 10.7. The first kappa shape index (κ1) is 9.42. The lowest BCUT2D eigenvalue weighted by molar-refractivity contribution is 0.0605. The topological polar surface area (TPSA) is 65.2 Å². The number of esters is 1. The van der Waals surface area contributed by atoms with E-state index >= 15 is 0 Å². The second kappa shape index (κ2) is 3.21. The van der Waals surface area contributed by atoms with E-state index in [-0.39, 0.29) is 5.97 Å². The zero-order valence-electron chi connectivity index (χ0n) is 7.66. The number of ether oxygens (including phenoxy) is 1. The second-order valence-electron chi connectivity index (χ2n) is 2.73. The van der Waals surface area contributed by atoms with Crippen molar-refractivity contribution in [3.8, 4) is 0 Å². The molecule has 0 aliphatic heterocycles. The minimum Gasteiger partial charge on any atom is -0.465 e. The first-order valence-electron chi connectivity index (χ1n) is 3.87. The van der Waals surface area contributed by atoms with Crippen LogP contribution < -0.4 is 5.73 Å². The average Bonchev–Trinajstić information content (AvgIpc) is 2.64. The number of fused-ring (bicyclic) bond motifs is 1. The van der Waals surface area contributed by atoms with Crippen molar-refractivity contribution in [3.05, 3.63) is 10.4 Å². The Kier molecular flexibility index (Phi) is 2.16. The fourth-order valence-corrected chi connectivity index (χ4v) is 3.30. The zero-order chi connectivity index (χ0) is 10.3. The molecule has 2 N–H and O–H groups in total. The van der Waals surface area contributed by atoms with Gasteiger partial charge in [-0.15, -0.1) is 11.3 Å². The Hall–Kier alpha value is -1.14. The number of aromatic nitrogens is 1. The molecule has 0 spiro atoms. The van der Waals surface area contributed by atoms with Gasteiger partial charge < -0.3 is 10.5 Å². The van der Waals surface area contributed by atoms with E-state index in [1.807, 2.05) is 6.92 Å². The second-order valence-corrected chi connectivity index (χ2v) is 4.76. The van der Waals surface area contributed by atoms with Crippen molar-refractivity contribution >= 4 is 43.3 Å². The highest BCUT2D eigenvalue weighted by Gasteiger charge is 2.18. The Labute approximate surface area is 88.3 Å². The molecule has 0 unspecified atom stereocenters. The number of rotatable bonds is 1. The number of hydrogen-bond donors (Lipinski definition) is 1. The monoisotopic (exact) mass is 228 g/mol. The van der Waals surface area contributed by atoms with Crippen LogP contribution in [0.3, 0.4) is 0 Å².